The van der Waals surface area contributed by atoms with Crippen LogP contribution in [-0.2, 0) is 11.2 Å². The second kappa shape index (κ2) is 7.03. The van der Waals surface area contributed by atoms with Crippen LogP contribution in [0.15, 0.2) is 34.4 Å². The topological polar surface area (TPSA) is 78.0 Å². The molecule has 2 aromatic heterocycles. The molecule has 1 atom stereocenters. The minimum atomic E-state index is -0.744. The van der Waals surface area contributed by atoms with E-state index in [1.807, 2.05) is 31.4 Å². The Morgan fingerprint density at radius 2 is 1.88 bits per heavy atom. The number of nitrogens with zero attached hydrogens (tertiary/aromatic N) is 2. The summed E-state index contributed by atoms with van der Waals surface area (Å²) < 4.78 is 1.45. The third-order valence-electron chi connectivity index (χ3n) is 4.66. The van der Waals surface area contributed by atoms with Crippen molar-refractivity contribution >= 4 is 27.5 Å². The van der Waals surface area contributed by atoms with Crippen LogP contribution in [0.1, 0.15) is 51.0 Å². The Morgan fingerprint density at radius 3 is 2.42 bits per heavy atom. The van der Waals surface area contributed by atoms with Gasteiger partial charge in [-0.1, -0.05) is 45.0 Å². The number of thiophene rings is 1. The SMILES string of the molecule is CCc1ccc(-c2csc3nc(C(C)C)n(C(C)C(N)=O)c(=O)c23)cc1. The Balaban J connectivity index is 2.30. The molecule has 0 saturated heterocycles. The van der Waals surface area contributed by atoms with Gasteiger partial charge in [0, 0.05) is 16.9 Å². The largest absolute Gasteiger partial charge is 0.368 e. The van der Waals surface area contributed by atoms with Crippen molar-refractivity contribution in [2.75, 3.05) is 0 Å². The van der Waals surface area contributed by atoms with E-state index in [0.717, 1.165) is 17.5 Å². The number of carbonyl (C=O) groups excluding carboxylic acids is 1. The van der Waals surface area contributed by atoms with Gasteiger partial charge >= 0.3 is 0 Å². The molecule has 5 nitrogen and oxygen atoms in total. The monoisotopic (exact) mass is 369 g/mol. The lowest BCUT2D eigenvalue weighted by Crippen LogP contribution is -2.35. The predicted octanol–water partition coefficient (Wildman–Crippen LogP) is 3.86. The van der Waals surface area contributed by atoms with Crippen molar-refractivity contribution in [2.45, 2.75) is 46.1 Å². The maximum absolute atomic E-state index is 13.3. The highest BCUT2D eigenvalue weighted by atomic mass is 32.1. The smallest absolute Gasteiger partial charge is 0.263 e. The van der Waals surface area contributed by atoms with Crippen molar-refractivity contribution in [2.24, 2.45) is 5.73 Å². The van der Waals surface area contributed by atoms with E-state index >= 15 is 0 Å². The summed E-state index contributed by atoms with van der Waals surface area (Å²) in [6.07, 6.45) is 0.965. The summed E-state index contributed by atoms with van der Waals surface area (Å²) in [5.74, 6) is 0.0473. The van der Waals surface area contributed by atoms with Gasteiger partial charge in [-0.25, -0.2) is 4.98 Å². The Hall–Kier alpha value is -2.47. The molecule has 0 aliphatic carbocycles. The molecular weight excluding hydrogens is 346 g/mol. The standard InChI is InChI=1S/C20H23N3O2S/c1-5-13-6-8-14(9-7-13)15-10-26-19-16(15)20(25)23(12(4)17(21)24)18(22-19)11(2)3/h6-12H,5H2,1-4H3,(H2,21,24). The Labute approximate surface area is 156 Å². The number of nitrogens with two attached hydrogens (primary N) is 1. The molecule has 1 amide bonds. The molecule has 3 aromatic rings. The molecule has 0 spiro atoms. The molecule has 1 aromatic carbocycles. The molecule has 2 N–H and O–H groups in total. The van der Waals surface area contributed by atoms with Crippen LogP contribution in [0, 0.1) is 0 Å². The molecule has 0 fully saturated rings. The van der Waals surface area contributed by atoms with Crippen LogP contribution in [0.5, 0.6) is 0 Å². The second-order valence-electron chi connectivity index (χ2n) is 6.76. The van der Waals surface area contributed by atoms with E-state index in [9.17, 15) is 9.59 Å². The normalized spacial score (nSPS) is 12.7. The molecule has 0 saturated carbocycles. The number of amides is 1. The average molecular weight is 369 g/mol. The lowest BCUT2D eigenvalue weighted by atomic mass is 10.0. The highest BCUT2D eigenvalue weighted by Crippen LogP contribution is 2.32. The fourth-order valence-electron chi connectivity index (χ4n) is 3.06. The quantitative estimate of drug-likeness (QED) is 0.742. The summed E-state index contributed by atoms with van der Waals surface area (Å²) in [6.45, 7) is 7.66. The number of aromatic nitrogens is 2. The van der Waals surface area contributed by atoms with E-state index < -0.39 is 11.9 Å². The summed E-state index contributed by atoms with van der Waals surface area (Å²) in [5.41, 5.74) is 8.35. The summed E-state index contributed by atoms with van der Waals surface area (Å²) in [7, 11) is 0. The minimum Gasteiger partial charge on any atom is -0.368 e. The van der Waals surface area contributed by atoms with Gasteiger partial charge in [0.05, 0.1) is 5.39 Å². The summed E-state index contributed by atoms with van der Waals surface area (Å²) >= 11 is 1.45. The van der Waals surface area contributed by atoms with Crippen molar-refractivity contribution in [1.82, 2.24) is 9.55 Å². The van der Waals surface area contributed by atoms with E-state index in [2.05, 4.69) is 19.1 Å². The van der Waals surface area contributed by atoms with Gasteiger partial charge in [-0.3, -0.25) is 14.2 Å². The number of rotatable bonds is 5. The number of hydrogen-bond donors (Lipinski definition) is 1. The summed E-state index contributed by atoms with van der Waals surface area (Å²) in [4.78, 5) is 30.5. The number of primary amides is 1. The molecule has 2 heterocycles. The zero-order valence-corrected chi connectivity index (χ0v) is 16.3. The van der Waals surface area contributed by atoms with Crippen molar-refractivity contribution in [3.8, 4) is 11.1 Å². The zero-order chi connectivity index (χ0) is 19.0. The molecule has 0 aliphatic rings. The van der Waals surface area contributed by atoms with Gasteiger partial charge in [-0.05, 0) is 24.5 Å². The van der Waals surface area contributed by atoms with Crippen LogP contribution >= 0.6 is 11.3 Å². The van der Waals surface area contributed by atoms with Gasteiger partial charge in [0.2, 0.25) is 5.91 Å². The van der Waals surface area contributed by atoms with Gasteiger partial charge < -0.3 is 5.73 Å². The molecule has 136 valence electrons. The van der Waals surface area contributed by atoms with Gasteiger partial charge in [-0.2, -0.15) is 0 Å². The first-order valence-corrected chi connectivity index (χ1v) is 9.65. The van der Waals surface area contributed by atoms with Crippen LogP contribution in [0.4, 0.5) is 0 Å². The van der Waals surface area contributed by atoms with Crippen LogP contribution in [-0.4, -0.2) is 15.5 Å². The molecular formula is C20H23N3O2S. The highest BCUT2D eigenvalue weighted by Gasteiger charge is 2.23. The Morgan fingerprint density at radius 1 is 1.23 bits per heavy atom. The summed E-state index contributed by atoms with van der Waals surface area (Å²) in [5, 5.41) is 2.51. The lowest BCUT2D eigenvalue weighted by molar-refractivity contribution is -0.120. The van der Waals surface area contributed by atoms with Crippen LogP contribution in [0.3, 0.4) is 0 Å². The molecule has 3 rings (SSSR count). The fourth-order valence-corrected chi connectivity index (χ4v) is 4.01. The van der Waals surface area contributed by atoms with E-state index in [4.69, 9.17) is 10.7 Å². The number of aryl methyl sites for hydroxylation is 1. The van der Waals surface area contributed by atoms with Crippen LogP contribution in [0.2, 0.25) is 0 Å². The Bertz CT molecular complexity index is 1020. The first kappa shape index (κ1) is 18.3. The Kier molecular flexibility index (Phi) is 4.96. The third kappa shape index (κ3) is 3.05. The predicted molar refractivity (Wildman–Crippen MR) is 107 cm³/mol. The zero-order valence-electron chi connectivity index (χ0n) is 15.4. The van der Waals surface area contributed by atoms with E-state index in [1.165, 1.54) is 21.5 Å². The third-order valence-corrected chi connectivity index (χ3v) is 5.53. The maximum Gasteiger partial charge on any atom is 0.263 e. The number of carbonyl (C=O) groups is 1. The first-order chi connectivity index (χ1) is 12.3. The number of hydrogen-bond acceptors (Lipinski definition) is 4. The lowest BCUT2D eigenvalue weighted by Gasteiger charge is -2.19. The van der Waals surface area contributed by atoms with E-state index in [0.29, 0.717) is 16.0 Å². The van der Waals surface area contributed by atoms with Gasteiger partial charge in [0.1, 0.15) is 16.7 Å². The van der Waals surface area contributed by atoms with Gasteiger partial charge in [0.25, 0.3) is 5.56 Å². The van der Waals surface area contributed by atoms with Gasteiger partial charge in [-0.15, -0.1) is 11.3 Å². The average Bonchev–Trinajstić information content (AvgIpc) is 3.05. The molecule has 0 aliphatic heterocycles. The molecule has 1 unspecified atom stereocenters. The minimum absolute atomic E-state index is 0.00304. The van der Waals surface area contributed by atoms with E-state index in [-0.39, 0.29) is 11.5 Å². The van der Waals surface area contributed by atoms with Crippen molar-refractivity contribution in [3.05, 3.63) is 51.4 Å². The highest BCUT2D eigenvalue weighted by molar-refractivity contribution is 7.17. The van der Waals surface area contributed by atoms with Crippen LogP contribution < -0.4 is 11.3 Å². The molecule has 6 heteroatoms. The fraction of sp³-hybridized carbons (Fsp3) is 0.350. The van der Waals surface area contributed by atoms with Crippen molar-refractivity contribution in [1.29, 1.82) is 0 Å². The number of benzene rings is 1. The van der Waals surface area contributed by atoms with E-state index in [1.54, 1.807) is 6.92 Å². The molecule has 26 heavy (non-hydrogen) atoms. The maximum atomic E-state index is 13.3. The van der Waals surface area contributed by atoms with Crippen molar-refractivity contribution in [3.63, 3.8) is 0 Å². The van der Waals surface area contributed by atoms with Gasteiger partial charge in [0.15, 0.2) is 0 Å². The van der Waals surface area contributed by atoms with Crippen LogP contribution in [0.25, 0.3) is 21.3 Å². The number of fused-ring (bicyclic) bond motifs is 1. The second-order valence-corrected chi connectivity index (χ2v) is 7.62. The molecule has 0 radical (unpaired) electrons. The van der Waals surface area contributed by atoms with Crippen molar-refractivity contribution < 1.29 is 4.79 Å². The first-order valence-electron chi connectivity index (χ1n) is 8.77. The summed E-state index contributed by atoms with van der Waals surface area (Å²) in [6, 6.07) is 7.45. The molecule has 0 bridgehead atoms.